The Kier molecular flexibility index (Phi) is 9.75. The van der Waals surface area contributed by atoms with Gasteiger partial charge in [0.1, 0.15) is 5.01 Å². The molecule has 1 amide bonds. The molecule has 1 saturated heterocycles. The van der Waals surface area contributed by atoms with E-state index in [1.165, 1.54) is 11.3 Å². The predicted octanol–water partition coefficient (Wildman–Crippen LogP) is 6.40. The predicted molar refractivity (Wildman–Crippen MR) is 180 cm³/mol. The zero-order valence-corrected chi connectivity index (χ0v) is 27.7. The molecule has 1 fully saturated rings. The molecular formula is C35H41ClN4O3S. The van der Waals surface area contributed by atoms with Gasteiger partial charge in [-0.25, -0.2) is 4.98 Å². The molecule has 2 N–H and O–H groups in total. The molecule has 1 aliphatic rings. The van der Waals surface area contributed by atoms with Crippen LogP contribution in [0.25, 0.3) is 27.5 Å². The van der Waals surface area contributed by atoms with Crippen molar-refractivity contribution in [1.82, 2.24) is 19.8 Å². The van der Waals surface area contributed by atoms with Gasteiger partial charge >= 0.3 is 0 Å². The third-order valence-electron chi connectivity index (χ3n) is 8.31. The number of piperazine rings is 1. The van der Waals surface area contributed by atoms with Crippen LogP contribution in [0.4, 0.5) is 0 Å². The van der Waals surface area contributed by atoms with Crippen LogP contribution >= 0.6 is 22.9 Å². The number of para-hydroxylation sites is 1. The fourth-order valence-electron chi connectivity index (χ4n) is 5.97. The molecule has 1 aliphatic heterocycles. The molecule has 9 heteroatoms. The van der Waals surface area contributed by atoms with E-state index in [4.69, 9.17) is 16.6 Å². The summed E-state index contributed by atoms with van der Waals surface area (Å²) in [6.07, 6.45) is 2.04. The van der Waals surface area contributed by atoms with Crippen molar-refractivity contribution in [1.29, 1.82) is 0 Å². The summed E-state index contributed by atoms with van der Waals surface area (Å²) < 4.78 is 1.82. The molecule has 0 aliphatic carbocycles. The molecule has 44 heavy (non-hydrogen) atoms. The standard InChI is InChI=1S/C35H41ClN4O3S/c1-6-23-9-8-10-24(7-2)31(23)40-30(17-22(3)4)27(33(42)39-16-15-37-35(5,20-39)21-41)18-28(34(40)43)32-38-29(19-44-32)25-11-13-26(36)14-12-25/h8-14,18-19,22,37,41H,6-7,15-17,20-21H2,1-5H3. The summed E-state index contributed by atoms with van der Waals surface area (Å²) in [5.74, 6) is 0.0531. The van der Waals surface area contributed by atoms with Gasteiger partial charge in [-0.2, -0.15) is 0 Å². The Morgan fingerprint density at radius 3 is 2.43 bits per heavy atom. The number of benzene rings is 2. The van der Waals surface area contributed by atoms with Crippen LogP contribution in [0.15, 0.2) is 58.7 Å². The number of hydrogen-bond donors (Lipinski definition) is 2. The molecule has 0 spiro atoms. The van der Waals surface area contributed by atoms with Gasteiger partial charge in [-0.3, -0.25) is 14.2 Å². The van der Waals surface area contributed by atoms with Crippen LogP contribution in [0.3, 0.4) is 0 Å². The lowest BCUT2D eigenvalue weighted by Gasteiger charge is -2.40. The van der Waals surface area contributed by atoms with E-state index in [1.807, 2.05) is 47.2 Å². The number of pyridine rings is 1. The van der Waals surface area contributed by atoms with Crippen molar-refractivity contribution in [2.45, 2.75) is 59.4 Å². The van der Waals surface area contributed by atoms with E-state index in [2.05, 4.69) is 45.1 Å². The van der Waals surface area contributed by atoms with Crippen LogP contribution in [0.1, 0.15) is 61.8 Å². The number of carbonyl (C=O) groups excluding carboxylic acids is 1. The second-order valence-corrected chi connectivity index (χ2v) is 13.5. The molecule has 0 radical (unpaired) electrons. The number of aliphatic hydroxyl groups is 1. The molecule has 232 valence electrons. The van der Waals surface area contributed by atoms with E-state index in [0.29, 0.717) is 52.9 Å². The summed E-state index contributed by atoms with van der Waals surface area (Å²) in [6, 6.07) is 15.4. The lowest BCUT2D eigenvalue weighted by Crippen LogP contribution is -2.61. The van der Waals surface area contributed by atoms with Crippen molar-refractivity contribution in [2.24, 2.45) is 5.92 Å². The van der Waals surface area contributed by atoms with Crippen molar-refractivity contribution in [3.63, 3.8) is 0 Å². The zero-order chi connectivity index (χ0) is 31.6. The van der Waals surface area contributed by atoms with Gasteiger partial charge in [-0.15, -0.1) is 11.3 Å². The molecule has 0 saturated carbocycles. The van der Waals surface area contributed by atoms with Gasteiger partial charge in [-0.1, -0.05) is 69.6 Å². The van der Waals surface area contributed by atoms with Crippen LogP contribution in [0, 0.1) is 5.92 Å². The maximum atomic E-state index is 14.7. The summed E-state index contributed by atoms with van der Waals surface area (Å²) in [4.78, 5) is 36.0. The van der Waals surface area contributed by atoms with Crippen LogP contribution in [-0.2, 0) is 19.3 Å². The van der Waals surface area contributed by atoms with Crippen LogP contribution < -0.4 is 10.9 Å². The number of halogens is 1. The number of rotatable bonds is 9. The first-order chi connectivity index (χ1) is 21.1. The monoisotopic (exact) mass is 632 g/mol. The molecule has 2 aromatic carbocycles. The van der Waals surface area contributed by atoms with E-state index in [9.17, 15) is 14.7 Å². The highest BCUT2D eigenvalue weighted by Crippen LogP contribution is 2.32. The summed E-state index contributed by atoms with van der Waals surface area (Å²) in [6.45, 7) is 11.7. The van der Waals surface area contributed by atoms with Gasteiger partial charge in [-0.05, 0) is 61.4 Å². The maximum Gasteiger partial charge on any atom is 0.265 e. The van der Waals surface area contributed by atoms with Crippen LogP contribution in [-0.4, -0.2) is 57.2 Å². The highest BCUT2D eigenvalue weighted by molar-refractivity contribution is 7.13. The van der Waals surface area contributed by atoms with Crippen LogP contribution in [0.2, 0.25) is 5.02 Å². The maximum absolute atomic E-state index is 14.7. The molecule has 0 bridgehead atoms. The summed E-state index contributed by atoms with van der Waals surface area (Å²) in [5.41, 5.74) is 5.48. The Hall–Kier alpha value is -3.30. The number of aromatic nitrogens is 2. The molecular weight excluding hydrogens is 592 g/mol. The third kappa shape index (κ3) is 6.40. The van der Waals surface area contributed by atoms with Crippen molar-refractivity contribution in [3.8, 4) is 27.5 Å². The van der Waals surface area contributed by atoms with Gasteiger partial charge in [0, 0.05) is 41.3 Å². The number of amides is 1. The Morgan fingerprint density at radius 2 is 1.82 bits per heavy atom. The average Bonchev–Trinajstić information content (AvgIpc) is 3.51. The zero-order valence-electron chi connectivity index (χ0n) is 26.1. The van der Waals surface area contributed by atoms with E-state index >= 15 is 0 Å². The summed E-state index contributed by atoms with van der Waals surface area (Å²) in [7, 11) is 0. The SMILES string of the molecule is CCc1cccc(CC)c1-n1c(CC(C)C)c(C(=O)N2CCNC(C)(CO)C2)cc(-c2nc(-c3ccc(Cl)cc3)cs2)c1=O. The average molecular weight is 633 g/mol. The highest BCUT2D eigenvalue weighted by atomic mass is 35.5. The number of nitrogens with one attached hydrogen (secondary N) is 1. The van der Waals surface area contributed by atoms with Crippen molar-refractivity contribution in [2.75, 3.05) is 26.2 Å². The van der Waals surface area contributed by atoms with E-state index in [-0.39, 0.29) is 24.0 Å². The van der Waals surface area contributed by atoms with Gasteiger partial charge in [0.2, 0.25) is 0 Å². The highest BCUT2D eigenvalue weighted by Gasteiger charge is 2.35. The first kappa shape index (κ1) is 32.1. The third-order valence-corrected chi connectivity index (χ3v) is 9.44. The van der Waals surface area contributed by atoms with E-state index in [1.54, 1.807) is 11.0 Å². The molecule has 1 unspecified atom stereocenters. The van der Waals surface area contributed by atoms with Gasteiger partial charge in [0.25, 0.3) is 11.5 Å². The van der Waals surface area contributed by atoms with Crippen molar-refractivity contribution in [3.05, 3.63) is 91.7 Å². The normalized spacial score (nSPS) is 17.0. The fraction of sp³-hybridized carbons (Fsp3) is 0.400. The lowest BCUT2D eigenvalue weighted by molar-refractivity contribution is 0.0539. The second-order valence-electron chi connectivity index (χ2n) is 12.2. The number of carbonyl (C=O) groups is 1. The van der Waals surface area contributed by atoms with Crippen molar-refractivity contribution >= 4 is 28.8 Å². The lowest BCUT2D eigenvalue weighted by atomic mass is 9.95. The molecule has 1 atom stereocenters. The Morgan fingerprint density at radius 1 is 1.14 bits per heavy atom. The minimum Gasteiger partial charge on any atom is -0.394 e. The minimum atomic E-state index is -0.601. The van der Waals surface area contributed by atoms with E-state index in [0.717, 1.165) is 40.9 Å². The first-order valence-electron chi connectivity index (χ1n) is 15.4. The number of aryl methyl sites for hydroxylation is 2. The Balaban J connectivity index is 1.79. The largest absolute Gasteiger partial charge is 0.394 e. The van der Waals surface area contributed by atoms with Crippen molar-refractivity contribution < 1.29 is 9.90 Å². The van der Waals surface area contributed by atoms with E-state index < -0.39 is 5.54 Å². The number of aliphatic hydroxyl groups excluding tert-OH is 1. The van der Waals surface area contributed by atoms with Gasteiger partial charge < -0.3 is 15.3 Å². The molecule has 7 nitrogen and oxygen atoms in total. The summed E-state index contributed by atoms with van der Waals surface area (Å²) in [5, 5.41) is 16.6. The first-order valence-corrected chi connectivity index (χ1v) is 16.6. The number of hydrogen-bond acceptors (Lipinski definition) is 6. The van der Waals surface area contributed by atoms with Gasteiger partial charge in [0.05, 0.1) is 34.7 Å². The van der Waals surface area contributed by atoms with Gasteiger partial charge in [0.15, 0.2) is 0 Å². The Bertz CT molecular complexity index is 1690. The van der Waals surface area contributed by atoms with Crippen LogP contribution in [0.5, 0.6) is 0 Å². The topological polar surface area (TPSA) is 87.5 Å². The second kappa shape index (κ2) is 13.4. The molecule has 2 aromatic heterocycles. The summed E-state index contributed by atoms with van der Waals surface area (Å²) >= 11 is 7.51. The molecule has 4 aromatic rings. The minimum absolute atomic E-state index is 0.0866. The smallest absolute Gasteiger partial charge is 0.265 e. The molecule has 3 heterocycles. The number of thiazole rings is 1. The Labute approximate surface area is 268 Å². The number of nitrogens with zero attached hydrogens (tertiary/aromatic N) is 3. The fourth-order valence-corrected chi connectivity index (χ4v) is 6.93. The quantitative estimate of drug-likeness (QED) is 0.223. The molecule has 5 rings (SSSR count).